The molecule has 1 radical (unpaired) electrons. The summed E-state index contributed by atoms with van der Waals surface area (Å²) in [5, 5.41) is 0.802. The van der Waals surface area contributed by atoms with Crippen molar-refractivity contribution in [3.63, 3.8) is 0 Å². The van der Waals surface area contributed by atoms with E-state index in [9.17, 15) is 0 Å². The molecular formula is C12H18BClN. The summed E-state index contributed by atoms with van der Waals surface area (Å²) in [6.45, 7) is 6.63. The van der Waals surface area contributed by atoms with Gasteiger partial charge in [-0.15, -0.1) is 0 Å². The standard InChI is InChI=1S/C12H18BClN/c1-3-8-15(9-4-2)13-11-6-5-7-12(14)10-11/h5-7,10H,3-4,8-9H2,1-2H3. The Bertz CT molecular complexity index is 285. The van der Waals surface area contributed by atoms with Gasteiger partial charge in [0.15, 0.2) is 0 Å². The van der Waals surface area contributed by atoms with E-state index in [4.69, 9.17) is 11.6 Å². The van der Waals surface area contributed by atoms with Crippen LogP contribution in [0.4, 0.5) is 0 Å². The van der Waals surface area contributed by atoms with E-state index in [0.717, 1.165) is 18.1 Å². The van der Waals surface area contributed by atoms with Crippen LogP contribution in [0.15, 0.2) is 24.3 Å². The minimum atomic E-state index is 0.802. The van der Waals surface area contributed by atoms with Gasteiger partial charge in [0.25, 0.3) is 0 Å². The Morgan fingerprint density at radius 2 is 1.87 bits per heavy atom. The molecule has 0 amide bonds. The van der Waals surface area contributed by atoms with Crippen molar-refractivity contribution in [2.75, 3.05) is 13.1 Å². The molecule has 0 fully saturated rings. The topological polar surface area (TPSA) is 3.24 Å². The number of rotatable bonds is 6. The highest BCUT2D eigenvalue weighted by molar-refractivity contribution is 6.51. The molecule has 1 nitrogen and oxygen atoms in total. The summed E-state index contributed by atoms with van der Waals surface area (Å²) in [5.41, 5.74) is 1.18. The highest BCUT2D eigenvalue weighted by Gasteiger charge is 2.06. The van der Waals surface area contributed by atoms with Gasteiger partial charge in [-0.25, -0.2) is 0 Å². The average molecular weight is 223 g/mol. The van der Waals surface area contributed by atoms with Crippen molar-refractivity contribution >= 4 is 24.5 Å². The van der Waals surface area contributed by atoms with Gasteiger partial charge in [-0.05, 0) is 38.1 Å². The molecule has 3 heteroatoms. The highest BCUT2D eigenvalue weighted by atomic mass is 35.5. The van der Waals surface area contributed by atoms with Crippen LogP contribution in [0, 0.1) is 0 Å². The van der Waals surface area contributed by atoms with Crippen molar-refractivity contribution in [1.29, 1.82) is 0 Å². The fourth-order valence-corrected chi connectivity index (χ4v) is 1.81. The van der Waals surface area contributed by atoms with E-state index in [1.54, 1.807) is 0 Å². The number of nitrogens with zero attached hydrogens (tertiary/aromatic N) is 1. The molecule has 81 valence electrons. The first-order valence-corrected chi connectivity index (χ1v) is 5.98. The third kappa shape index (κ3) is 4.72. The quantitative estimate of drug-likeness (QED) is 0.669. The van der Waals surface area contributed by atoms with Gasteiger partial charge in [-0.2, -0.15) is 0 Å². The summed E-state index contributed by atoms with van der Waals surface area (Å²) in [7, 11) is 2.19. The van der Waals surface area contributed by atoms with Crippen LogP contribution in [0.5, 0.6) is 0 Å². The zero-order chi connectivity index (χ0) is 11.1. The Morgan fingerprint density at radius 1 is 1.20 bits per heavy atom. The molecule has 0 heterocycles. The van der Waals surface area contributed by atoms with Crippen LogP contribution in [0.3, 0.4) is 0 Å². The van der Waals surface area contributed by atoms with Crippen LogP contribution < -0.4 is 5.46 Å². The van der Waals surface area contributed by atoms with E-state index in [2.05, 4.69) is 32.1 Å². The molecule has 0 saturated carbocycles. The third-order valence-corrected chi connectivity index (χ3v) is 2.44. The first-order chi connectivity index (χ1) is 7.26. The van der Waals surface area contributed by atoms with Crippen LogP contribution in [-0.4, -0.2) is 25.3 Å². The molecule has 1 aromatic rings. The lowest BCUT2D eigenvalue weighted by atomic mass is 9.80. The molecule has 0 aliphatic rings. The third-order valence-electron chi connectivity index (χ3n) is 2.20. The van der Waals surface area contributed by atoms with Gasteiger partial charge in [0.05, 0.1) is 0 Å². The van der Waals surface area contributed by atoms with E-state index >= 15 is 0 Å². The molecule has 1 rings (SSSR count). The predicted molar refractivity (Wildman–Crippen MR) is 69.0 cm³/mol. The molecule has 1 aromatic carbocycles. The summed E-state index contributed by atoms with van der Waals surface area (Å²) in [5.74, 6) is 0. The average Bonchev–Trinajstić information content (AvgIpc) is 2.18. The molecule has 0 unspecified atom stereocenters. The number of halogens is 1. The number of benzene rings is 1. The van der Waals surface area contributed by atoms with Crippen LogP contribution in [0.1, 0.15) is 26.7 Å². The monoisotopic (exact) mass is 222 g/mol. The van der Waals surface area contributed by atoms with E-state index in [1.165, 1.54) is 18.3 Å². The van der Waals surface area contributed by atoms with E-state index in [-0.39, 0.29) is 0 Å². The second-order valence-electron chi connectivity index (χ2n) is 3.72. The maximum absolute atomic E-state index is 5.94. The van der Waals surface area contributed by atoms with Gasteiger partial charge in [0.1, 0.15) is 0 Å². The molecule has 0 aliphatic heterocycles. The van der Waals surface area contributed by atoms with Gasteiger partial charge in [0.2, 0.25) is 7.41 Å². The van der Waals surface area contributed by atoms with Crippen LogP contribution in [0.25, 0.3) is 0 Å². The normalized spacial score (nSPS) is 10.7. The second kappa shape index (κ2) is 6.92. The molecule has 0 spiro atoms. The smallest absolute Gasteiger partial charge is 0.247 e. The van der Waals surface area contributed by atoms with Gasteiger partial charge < -0.3 is 4.81 Å². The van der Waals surface area contributed by atoms with Gasteiger partial charge in [-0.1, -0.05) is 43.0 Å². The summed E-state index contributed by atoms with van der Waals surface area (Å²) in [6, 6.07) is 7.98. The van der Waals surface area contributed by atoms with Crippen molar-refractivity contribution in [1.82, 2.24) is 4.81 Å². The van der Waals surface area contributed by atoms with Crippen LogP contribution in [-0.2, 0) is 0 Å². The lowest BCUT2D eigenvalue weighted by Gasteiger charge is -2.19. The maximum Gasteiger partial charge on any atom is 0.247 e. The van der Waals surface area contributed by atoms with Crippen molar-refractivity contribution in [3.8, 4) is 0 Å². The zero-order valence-corrected chi connectivity index (χ0v) is 10.3. The lowest BCUT2D eigenvalue weighted by molar-refractivity contribution is 0.445. The Hall–Kier alpha value is -0.465. The van der Waals surface area contributed by atoms with Crippen LogP contribution >= 0.6 is 11.6 Å². The molecule has 0 N–H and O–H groups in total. The Balaban J connectivity index is 2.56. The summed E-state index contributed by atoms with van der Waals surface area (Å²) >= 11 is 5.94. The zero-order valence-electron chi connectivity index (χ0n) is 9.54. The van der Waals surface area contributed by atoms with Gasteiger partial charge in [0, 0.05) is 5.02 Å². The van der Waals surface area contributed by atoms with Crippen molar-refractivity contribution in [2.24, 2.45) is 0 Å². The molecule has 0 aliphatic carbocycles. The van der Waals surface area contributed by atoms with E-state index in [0.29, 0.717) is 0 Å². The molecular weight excluding hydrogens is 204 g/mol. The van der Waals surface area contributed by atoms with Crippen molar-refractivity contribution < 1.29 is 0 Å². The highest BCUT2D eigenvalue weighted by Crippen LogP contribution is 2.03. The minimum absolute atomic E-state index is 0.802. The lowest BCUT2D eigenvalue weighted by Crippen LogP contribution is -2.37. The number of hydrogen-bond acceptors (Lipinski definition) is 1. The first kappa shape index (κ1) is 12.6. The van der Waals surface area contributed by atoms with Crippen molar-refractivity contribution in [2.45, 2.75) is 26.7 Å². The van der Waals surface area contributed by atoms with Gasteiger partial charge >= 0.3 is 0 Å². The van der Waals surface area contributed by atoms with Crippen LogP contribution in [0.2, 0.25) is 5.02 Å². The summed E-state index contributed by atoms with van der Waals surface area (Å²) in [6.07, 6.45) is 2.36. The number of hydrogen-bond donors (Lipinski definition) is 0. The first-order valence-electron chi connectivity index (χ1n) is 5.60. The van der Waals surface area contributed by atoms with E-state index < -0.39 is 0 Å². The second-order valence-corrected chi connectivity index (χ2v) is 4.16. The molecule has 0 aromatic heterocycles. The molecule has 0 saturated heterocycles. The Kier molecular flexibility index (Phi) is 5.81. The SMILES string of the molecule is CCCN([B]c1cccc(Cl)c1)CCC. The maximum atomic E-state index is 5.94. The van der Waals surface area contributed by atoms with Crippen molar-refractivity contribution in [3.05, 3.63) is 29.3 Å². The fourth-order valence-electron chi connectivity index (χ4n) is 1.61. The van der Waals surface area contributed by atoms with Gasteiger partial charge in [-0.3, -0.25) is 0 Å². The Morgan fingerprint density at radius 3 is 2.40 bits per heavy atom. The van der Waals surface area contributed by atoms with E-state index in [1.807, 2.05) is 18.2 Å². The molecule has 0 bridgehead atoms. The largest absolute Gasteiger partial charge is 0.342 e. The molecule has 0 atom stereocenters. The summed E-state index contributed by atoms with van der Waals surface area (Å²) < 4.78 is 0. The summed E-state index contributed by atoms with van der Waals surface area (Å²) in [4.78, 5) is 2.35. The Labute approximate surface area is 98.7 Å². The fraction of sp³-hybridized carbons (Fsp3) is 0.500. The predicted octanol–water partition coefficient (Wildman–Crippen LogP) is 2.71. The minimum Gasteiger partial charge on any atom is -0.342 e. The molecule has 15 heavy (non-hydrogen) atoms.